The number of rotatable bonds is 7. The summed E-state index contributed by atoms with van der Waals surface area (Å²) in [6, 6.07) is 0. The zero-order valence-corrected chi connectivity index (χ0v) is 12.6. The number of hydrogen-bond donors (Lipinski definition) is 2. The largest absolute Gasteiger partial charge is 0.452 e. The van der Waals surface area contributed by atoms with Crippen molar-refractivity contribution in [3.8, 4) is 0 Å². The number of aliphatic hydroxyl groups excluding tert-OH is 2. The summed E-state index contributed by atoms with van der Waals surface area (Å²) in [6.45, 7) is 6.89. The summed E-state index contributed by atoms with van der Waals surface area (Å²) in [5.41, 5.74) is 0. The van der Waals surface area contributed by atoms with E-state index in [2.05, 4.69) is 4.74 Å². The fourth-order valence-corrected chi connectivity index (χ4v) is 1.61. The lowest BCUT2D eigenvalue weighted by Crippen LogP contribution is -2.35. The molecule has 0 aromatic carbocycles. The quantitative estimate of drug-likeness (QED) is 0.274. The van der Waals surface area contributed by atoms with E-state index >= 15 is 0 Å². The normalized spacial score (nSPS) is 24.4. The van der Waals surface area contributed by atoms with Gasteiger partial charge in [-0.15, -0.1) is 0 Å². The van der Waals surface area contributed by atoms with Gasteiger partial charge in [-0.05, 0) is 20.8 Å². The van der Waals surface area contributed by atoms with Crippen LogP contribution in [0.3, 0.4) is 0 Å². The van der Waals surface area contributed by atoms with Crippen molar-refractivity contribution in [3.05, 3.63) is 0 Å². The lowest BCUT2D eigenvalue weighted by atomic mass is 10.1. The van der Waals surface area contributed by atoms with E-state index < -0.39 is 24.3 Å². The first-order valence-electron chi connectivity index (χ1n) is 6.79. The molecule has 0 bridgehead atoms. The number of aliphatic hydroxyl groups is 2. The molecular weight excluding hydrogens is 284 g/mol. The molecule has 8 nitrogen and oxygen atoms in total. The van der Waals surface area contributed by atoms with Crippen molar-refractivity contribution in [3.63, 3.8) is 0 Å². The highest BCUT2D eigenvalue weighted by atomic mass is 16.7. The summed E-state index contributed by atoms with van der Waals surface area (Å²) in [7, 11) is 0. The summed E-state index contributed by atoms with van der Waals surface area (Å²) in [4.78, 5) is 20.4. The van der Waals surface area contributed by atoms with Gasteiger partial charge in [-0.25, -0.2) is 4.79 Å². The first-order valence-corrected chi connectivity index (χ1v) is 6.79. The number of carbonyl (C=O) groups excluding carboxylic acids is 2. The van der Waals surface area contributed by atoms with Crippen LogP contribution in [0.5, 0.6) is 0 Å². The Balaban J connectivity index is 0.000000433. The molecule has 0 aliphatic carbocycles. The van der Waals surface area contributed by atoms with Crippen LogP contribution in [0.1, 0.15) is 20.8 Å². The second kappa shape index (κ2) is 11.6. The molecule has 1 rings (SSSR count). The molecule has 0 aromatic heterocycles. The molecule has 0 unspecified atom stereocenters. The monoisotopic (exact) mass is 308 g/mol. The van der Waals surface area contributed by atoms with Gasteiger partial charge in [0.1, 0.15) is 12.2 Å². The number of carbonyl (C=O) groups is 2. The van der Waals surface area contributed by atoms with E-state index in [4.69, 9.17) is 19.3 Å². The van der Waals surface area contributed by atoms with Crippen LogP contribution >= 0.6 is 0 Å². The third-order valence-corrected chi connectivity index (χ3v) is 2.58. The summed E-state index contributed by atoms with van der Waals surface area (Å²) in [5, 5.41) is 18.0. The van der Waals surface area contributed by atoms with E-state index in [1.807, 2.05) is 20.8 Å². The van der Waals surface area contributed by atoms with Crippen LogP contribution in [0, 0.1) is 0 Å². The number of esters is 1. The molecular formula is C13H24O8. The van der Waals surface area contributed by atoms with Gasteiger partial charge in [0.2, 0.25) is 6.29 Å². The molecule has 8 heteroatoms. The van der Waals surface area contributed by atoms with E-state index in [0.717, 1.165) is 13.2 Å². The third-order valence-electron chi connectivity index (χ3n) is 2.58. The summed E-state index contributed by atoms with van der Waals surface area (Å²) < 4.78 is 19.5. The van der Waals surface area contributed by atoms with Crippen LogP contribution in [-0.2, 0) is 28.5 Å². The lowest BCUT2D eigenvalue weighted by Gasteiger charge is -2.14. The highest BCUT2D eigenvalue weighted by molar-refractivity contribution is 6.20. The van der Waals surface area contributed by atoms with Crippen molar-refractivity contribution >= 4 is 12.3 Å². The average molecular weight is 308 g/mol. The van der Waals surface area contributed by atoms with Crippen LogP contribution in [0.15, 0.2) is 0 Å². The summed E-state index contributed by atoms with van der Waals surface area (Å²) in [6.07, 6.45) is -2.71. The van der Waals surface area contributed by atoms with E-state index in [0.29, 0.717) is 0 Å². The Kier molecular flexibility index (Phi) is 11.0. The highest BCUT2D eigenvalue weighted by Gasteiger charge is 2.37. The maximum atomic E-state index is 10.5. The fraction of sp³-hybridized carbons (Fsp3) is 0.846. The van der Waals surface area contributed by atoms with Gasteiger partial charge in [0, 0.05) is 13.2 Å². The van der Waals surface area contributed by atoms with Gasteiger partial charge in [0.25, 0.3) is 0 Å². The maximum Gasteiger partial charge on any atom is 0.371 e. The zero-order valence-electron chi connectivity index (χ0n) is 12.6. The molecule has 1 saturated heterocycles. The van der Waals surface area contributed by atoms with Crippen molar-refractivity contribution in [1.29, 1.82) is 0 Å². The zero-order chi connectivity index (χ0) is 16.3. The Morgan fingerprint density at radius 1 is 1.38 bits per heavy atom. The first-order chi connectivity index (χ1) is 9.99. The molecule has 0 spiro atoms. The van der Waals surface area contributed by atoms with Crippen LogP contribution in [-0.4, -0.2) is 73.5 Å². The molecule has 0 saturated carbocycles. The molecule has 124 valence electrons. The second-order valence-corrected chi connectivity index (χ2v) is 4.12. The molecule has 1 fully saturated rings. The third kappa shape index (κ3) is 8.08. The van der Waals surface area contributed by atoms with Gasteiger partial charge in [-0.3, -0.25) is 4.79 Å². The average Bonchev–Trinajstić information content (AvgIpc) is 2.80. The van der Waals surface area contributed by atoms with Crippen molar-refractivity contribution in [1.82, 2.24) is 0 Å². The molecule has 1 aliphatic heterocycles. The minimum atomic E-state index is -1.08. The molecule has 1 heterocycles. The Morgan fingerprint density at radius 3 is 2.33 bits per heavy atom. The molecule has 3 atom stereocenters. The molecule has 0 aromatic rings. The van der Waals surface area contributed by atoms with Crippen molar-refractivity contribution in [2.75, 3.05) is 26.4 Å². The van der Waals surface area contributed by atoms with Gasteiger partial charge in [-0.2, -0.15) is 0 Å². The van der Waals surface area contributed by atoms with E-state index in [-0.39, 0.29) is 25.8 Å². The molecule has 0 radical (unpaired) electrons. The number of ether oxygens (including phenoxy) is 4. The molecule has 1 aliphatic rings. The Bertz CT molecular complexity index is 290. The van der Waals surface area contributed by atoms with Crippen LogP contribution in [0.4, 0.5) is 0 Å². The van der Waals surface area contributed by atoms with Crippen molar-refractivity contribution in [2.24, 2.45) is 0 Å². The topological polar surface area (TPSA) is 112 Å². The van der Waals surface area contributed by atoms with Gasteiger partial charge >= 0.3 is 5.97 Å². The minimum absolute atomic E-state index is 0.00796. The molecule has 21 heavy (non-hydrogen) atoms. The minimum Gasteiger partial charge on any atom is -0.452 e. The van der Waals surface area contributed by atoms with Gasteiger partial charge in [0.05, 0.1) is 13.2 Å². The van der Waals surface area contributed by atoms with Gasteiger partial charge < -0.3 is 29.2 Å². The number of hydrogen-bond acceptors (Lipinski definition) is 8. The van der Waals surface area contributed by atoms with E-state index in [1.165, 1.54) is 0 Å². The van der Waals surface area contributed by atoms with Gasteiger partial charge in [0.15, 0.2) is 12.4 Å². The highest BCUT2D eigenvalue weighted by Crippen LogP contribution is 2.16. The maximum absolute atomic E-state index is 10.5. The Hall–Kier alpha value is -1.06. The SMILES string of the molecule is CCOC(C)OCC.O=CC(=O)O[C@H]1CO[C@H](CO)[C@@H]1O. The van der Waals surface area contributed by atoms with E-state index in [1.54, 1.807) is 0 Å². The second-order valence-electron chi connectivity index (χ2n) is 4.12. The van der Waals surface area contributed by atoms with Crippen LogP contribution in [0.2, 0.25) is 0 Å². The first kappa shape index (κ1) is 19.9. The number of aldehydes is 1. The van der Waals surface area contributed by atoms with Crippen LogP contribution < -0.4 is 0 Å². The Morgan fingerprint density at radius 2 is 1.95 bits per heavy atom. The van der Waals surface area contributed by atoms with E-state index in [9.17, 15) is 14.7 Å². The van der Waals surface area contributed by atoms with Crippen molar-refractivity contribution < 1.29 is 38.7 Å². The summed E-state index contributed by atoms with van der Waals surface area (Å²) in [5.74, 6) is -1.05. The smallest absolute Gasteiger partial charge is 0.371 e. The molecule has 2 N–H and O–H groups in total. The molecule has 0 amide bonds. The standard InChI is InChI=1S/C7H10O6.C6H14O2/c8-1-4-7(11)5(3-12-4)13-6(10)2-9;1-4-7-6(3)8-5-2/h2,4-5,7-8,11H,1,3H2;6H,4-5H2,1-3H3/t4-,5+,7+;/m1./s1. The predicted molar refractivity (Wildman–Crippen MR) is 71.5 cm³/mol. The Labute approximate surface area is 123 Å². The lowest BCUT2D eigenvalue weighted by molar-refractivity contribution is -0.156. The summed E-state index contributed by atoms with van der Waals surface area (Å²) >= 11 is 0. The van der Waals surface area contributed by atoms with Gasteiger partial charge in [-0.1, -0.05) is 0 Å². The predicted octanol–water partition coefficient (Wildman–Crippen LogP) is -0.745. The van der Waals surface area contributed by atoms with Crippen molar-refractivity contribution in [2.45, 2.75) is 45.4 Å². The van der Waals surface area contributed by atoms with Crippen LogP contribution in [0.25, 0.3) is 0 Å². The fourth-order valence-electron chi connectivity index (χ4n) is 1.61.